The van der Waals surface area contributed by atoms with Gasteiger partial charge in [0, 0.05) is 44.1 Å². The zero-order chi connectivity index (χ0) is 23.3. The number of nitriles is 1. The second-order valence-electron chi connectivity index (χ2n) is 7.49. The van der Waals surface area contributed by atoms with Crippen LogP contribution in [0.4, 0.5) is 17.1 Å². The van der Waals surface area contributed by atoms with Gasteiger partial charge in [-0.25, -0.2) is 0 Å². The van der Waals surface area contributed by atoms with Crippen molar-refractivity contribution in [3.8, 4) is 11.8 Å². The molecule has 0 unspecified atom stereocenters. The number of nitrogens with zero attached hydrogens (tertiary/aromatic N) is 4. The van der Waals surface area contributed by atoms with Gasteiger partial charge in [0.2, 0.25) is 0 Å². The van der Waals surface area contributed by atoms with E-state index in [0.29, 0.717) is 13.1 Å². The van der Waals surface area contributed by atoms with Crippen LogP contribution in [0.25, 0.3) is 0 Å². The predicted molar refractivity (Wildman–Crippen MR) is 122 cm³/mol. The van der Waals surface area contributed by atoms with Crippen LogP contribution >= 0.6 is 0 Å². The van der Waals surface area contributed by atoms with Gasteiger partial charge in [-0.05, 0) is 37.1 Å². The summed E-state index contributed by atoms with van der Waals surface area (Å²) in [6, 6.07) is 12.1. The summed E-state index contributed by atoms with van der Waals surface area (Å²) in [5.74, 6) is -0.455. The molecule has 3 rings (SSSR count). The number of aryl methyl sites for hydroxylation is 1. The fraction of sp³-hybridized carbons (Fsp3) is 0.304. The van der Waals surface area contributed by atoms with Crippen LogP contribution < -0.4 is 15.0 Å². The number of hydrogen-bond donors (Lipinski definition) is 1. The number of piperazine rings is 1. The lowest BCUT2D eigenvalue weighted by Crippen LogP contribution is -2.44. The average Bonchev–Trinajstić information content (AvgIpc) is 2.79. The second kappa shape index (κ2) is 9.83. The highest BCUT2D eigenvalue weighted by atomic mass is 16.6. The summed E-state index contributed by atoms with van der Waals surface area (Å²) < 4.78 is 5.13. The van der Waals surface area contributed by atoms with Crippen molar-refractivity contribution in [2.45, 2.75) is 13.8 Å². The normalized spacial score (nSPS) is 14.0. The molecule has 1 heterocycles. The zero-order valence-corrected chi connectivity index (χ0v) is 18.3. The summed E-state index contributed by atoms with van der Waals surface area (Å²) in [6.45, 7) is 7.10. The Morgan fingerprint density at radius 3 is 2.56 bits per heavy atom. The number of amides is 1. The Hall–Kier alpha value is -4.06. The van der Waals surface area contributed by atoms with E-state index in [9.17, 15) is 20.2 Å². The van der Waals surface area contributed by atoms with Gasteiger partial charge >= 0.3 is 0 Å². The number of ether oxygens (including phenoxy) is 1. The molecule has 0 aromatic heterocycles. The van der Waals surface area contributed by atoms with Gasteiger partial charge in [0.05, 0.1) is 23.8 Å². The molecule has 1 aliphatic rings. The number of carbonyl (C=O) groups excluding carboxylic acids is 1. The molecule has 2 aromatic carbocycles. The number of hydrogen-bond acceptors (Lipinski definition) is 7. The van der Waals surface area contributed by atoms with Crippen molar-refractivity contribution in [2.75, 3.05) is 43.5 Å². The van der Waals surface area contributed by atoms with Gasteiger partial charge in [-0.2, -0.15) is 5.26 Å². The number of nitrogens with one attached hydrogen (secondary N) is 1. The zero-order valence-electron chi connectivity index (χ0n) is 18.3. The molecule has 32 heavy (non-hydrogen) atoms. The van der Waals surface area contributed by atoms with E-state index in [1.165, 1.54) is 42.1 Å². The Morgan fingerprint density at radius 1 is 1.22 bits per heavy atom. The standard InChI is InChI=1S/C23H25N5O4/c1-16-5-4-6-21(17(16)2)27-11-9-26(10-12-27)15-18(14-24)23(29)25-20-8-7-19(28(30)31)13-22(20)32-3/h4-8,13,15H,9-12H2,1-3H3,(H,25,29)/b18-15-. The maximum atomic E-state index is 12.6. The monoisotopic (exact) mass is 435 g/mol. The summed E-state index contributed by atoms with van der Waals surface area (Å²) >= 11 is 0. The highest BCUT2D eigenvalue weighted by Gasteiger charge is 2.20. The summed E-state index contributed by atoms with van der Waals surface area (Å²) in [7, 11) is 1.35. The molecule has 0 saturated carbocycles. The first-order valence-corrected chi connectivity index (χ1v) is 10.1. The summed E-state index contributed by atoms with van der Waals surface area (Å²) in [5.41, 5.74) is 3.75. The topological polar surface area (TPSA) is 112 Å². The van der Waals surface area contributed by atoms with Crippen LogP contribution in [0.15, 0.2) is 48.2 Å². The van der Waals surface area contributed by atoms with Crippen molar-refractivity contribution in [3.63, 3.8) is 0 Å². The van der Waals surface area contributed by atoms with E-state index in [1.807, 2.05) is 11.0 Å². The minimum Gasteiger partial charge on any atom is -0.494 e. The molecule has 1 fully saturated rings. The van der Waals surface area contributed by atoms with Crippen LogP contribution in [-0.4, -0.2) is 49.0 Å². The van der Waals surface area contributed by atoms with Crippen LogP contribution in [-0.2, 0) is 4.79 Å². The highest BCUT2D eigenvalue weighted by Crippen LogP contribution is 2.29. The number of methoxy groups -OCH3 is 1. The van der Waals surface area contributed by atoms with Crippen molar-refractivity contribution in [1.82, 2.24) is 4.90 Å². The number of anilines is 2. The molecule has 166 valence electrons. The first-order chi connectivity index (χ1) is 15.3. The number of carbonyl (C=O) groups is 1. The maximum absolute atomic E-state index is 12.6. The number of rotatable bonds is 6. The molecule has 1 amide bonds. The van der Waals surface area contributed by atoms with Crippen molar-refractivity contribution in [3.05, 3.63) is 69.4 Å². The van der Waals surface area contributed by atoms with Gasteiger partial charge in [-0.1, -0.05) is 12.1 Å². The fourth-order valence-electron chi connectivity index (χ4n) is 3.58. The van der Waals surface area contributed by atoms with E-state index in [2.05, 4.69) is 42.3 Å². The molecular formula is C23H25N5O4. The molecule has 0 aliphatic carbocycles. The highest BCUT2D eigenvalue weighted by molar-refractivity contribution is 6.07. The van der Waals surface area contributed by atoms with E-state index >= 15 is 0 Å². The van der Waals surface area contributed by atoms with E-state index in [-0.39, 0.29) is 22.7 Å². The van der Waals surface area contributed by atoms with Crippen LogP contribution in [0.2, 0.25) is 0 Å². The van der Waals surface area contributed by atoms with Crippen molar-refractivity contribution < 1.29 is 14.5 Å². The predicted octanol–water partition coefficient (Wildman–Crippen LogP) is 3.39. The van der Waals surface area contributed by atoms with Gasteiger partial charge in [-0.15, -0.1) is 0 Å². The van der Waals surface area contributed by atoms with E-state index in [0.717, 1.165) is 13.1 Å². The molecule has 0 bridgehead atoms. The summed E-state index contributed by atoms with van der Waals surface area (Å²) in [4.78, 5) is 27.3. The first kappa shape index (κ1) is 22.6. The molecular weight excluding hydrogens is 410 g/mol. The Morgan fingerprint density at radius 2 is 1.94 bits per heavy atom. The fourth-order valence-corrected chi connectivity index (χ4v) is 3.58. The molecule has 0 spiro atoms. The molecule has 9 nitrogen and oxygen atoms in total. The second-order valence-corrected chi connectivity index (χ2v) is 7.49. The molecule has 9 heteroatoms. The molecule has 0 atom stereocenters. The van der Waals surface area contributed by atoms with Crippen LogP contribution in [0, 0.1) is 35.3 Å². The van der Waals surface area contributed by atoms with Gasteiger partial charge in [0.1, 0.15) is 17.4 Å². The largest absolute Gasteiger partial charge is 0.494 e. The Balaban J connectivity index is 1.68. The average molecular weight is 435 g/mol. The van der Waals surface area contributed by atoms with E-state index in [1.54, 1.807) is 6.20 Å². The van der Waals surface area contributed by atoms with Crippen molar-refractivity contribution in [1.29, 1.82) is 5.26 Å². The van der Waals surface area contributed by atoms with Crippen molar-refractivity contribution >= 4 is 23.0 Å². The molecule has 1 saturated heterocycles. The quantitative estimate of drug-likeness (QED) is 0.320. The molecule has 0 radical (unpaired) electrons. The minimum atomic E-state index is -0.600. The maximum Gasteiger partial charge on any atom is 0.273 e. The third-order valence-corrected chi connectivity index (χ3v) is 5.55. The number of nitro benzene ring substituents is 1. The third-order valence-electron chi connectivity index (χ3n) is 5.55. The van der Waals surface area contributed by atoms with Crippen molar-refractivity contribution in [2.24, 2.45) is 0 Å². The Kier molecular flexibility index (Phi) is 6.95. The number of benzene rings is 2. The number of non-ortho nitro benzene ring substituents is 1. The lowest BCUT2D eigenvalue weighted by atomic mass is 10.1. The molecule has 1 N–H and O–H groups in total. The van der Waals surface area contributed by atoms with Gasteiger partial charge in [0.15, 0.2) is 0 Å². The minimum absolute atomic E-state index is 0.0504. The smallest absolute Gasteiger partial charge is 0.273 e. The van der Waals surface area contributed by atoms with Crippen LogP contribution in [0.1, 0.15) is 11.1 Å². The lowest BCUT2D eigenvalue weighted by Gasteiger charge is -2.36. The third kappa shape index (κ3) is 4.98. The van der Waals surface area contributed by atoms with Crippen LogP contribution in [0.5, 0.6) is 5.75 Å². The molecule has 1 aliphatic heterocycles. The first-order valence-electron chi connectivity index (χ1n) is 10.1. The van der Waals surface area contributed by atoms with Gasteiger partial charge < -0.3 is 19.9 Å². The Labute approximate surface area is 186 Å². The molecule has 2 aromatic rings. The van der Waals surface area contributed by atoms with Gasteiger partial charge in [-0.3, -0.25) is 14.9 Å². The SMILES string of the molecule is COc1cc([N+](=O)[O-])ccc1NC(=O)/C(C#N)=C\N1CCN(c2cccc(C)c2C)CC1. The summed E-state index contributed by atoms with van der Waals surface area (Å²) in [5, 5.41) is 23.0. The van der Waals surface area contributed by atoms with Crippen LogP contribution in [0.3, 0.4) is 0 Å². The van der Waals surface area contributed by atoms with E-state index in [4.69, 9.17) is 4.74 Å². The lowest BCUT2D eigenvalue weighted by molar-refractivity contribution is -0.384. The summed E-state index contributed by atoms with van der Waals surface area (Å²) in [6.07, 6.45) is 1.56. The van der Waals surface area contributed by atoms with Gasteiger partial charge in [0.25, 0.3) is 11.6 Å². The Bertz CT molecular complexity index is 1100. The number of nitro groups is 1. The van der Waals surface area contributed by atoms with E-state index < -0.39 is 10.8 Å².